The van der Waals surface area contributed by atoms with Crippen LogP contribution in [0.15, 0.2) is 66.7 Å². The van der Waals surface area contributed by atoms with Gasteiger partial charge in [0.05, 0.1) is 5.69 Å². The van der Waals surface area contributed by atoms with Crippen molar-refractivity contribution < 1.29 is 13.9 Å². The van der Waals surface area contributed by atoms with E-state index in [1.165, 1.54) is 12.1 Å². The summed E-state index contributed by atoms with van der Waals surface area (Å²) in [5.74, 6) is -0.216. The zero-order chi connectivity index (χ0) is 16.9. The summed E-state index contributed by atoms with van der Waals surface area (Å²) in [6, 6.07) is 19.7. The van der Waals surface area contributed by atoms with Crippen LogP contribution in [0.4, 0.5) is 10.1 Å². The Morgan fingerprint density at radius 2 is 1.75 bits per heavy atom. The van der Waals surface area contributed by atoms with Gasteiger partial charge in [0.2, 0.25) is 0 Å². The van der Waals surface area contributed by atoms with E-state index in [1.54, 1.807) is 12.1 Å². The molecule has 3 rings (SSSR count). The van der Waals surface area contributed by atoms with Crippen LogP contribution in [-0.2, 0) is 4.79 Å². The summed E-state index contributed by atoms with van der Waals surface area (Å²) in [6.45, 7) is 1.85. The number of hydrogen-bond acceptors (Lipinski definition) is 2. The largest absolute Gasteiger partial charge is 0.481 e. The van der Waals surface area contributed by atoms with Crippen molar-refractivity contribution in [3.8, 4) is 5.75 Å². The lowest BCUT2D eigenvalue weighted by molar-refractivity contribution is -0.122. The van der Waals surface area contributed by atoms with Crippen molar-refractivity contribution >= 4 is 22.4 Å². The third-order valence-electron chi connectivity index (χ3n) is 3.79. The molecule has 122 valence electrons. The zero-order valence-corrected chi connectivity index (χ0v) is 13.3. The SMILES string of the molecule is CC[C@H](Oc1ccc2ccccc2c1)C(=O)Nc1ccccc1F. The van der Waals surface area contributed by atoms with Gasteiger partial charge in [-0.05, 0) is 41.5 Å². The molecule has 0 saturated carbocycles. The molecule has 24 heavy (non-hydrogen) atoms. The molecule has 0 aliphatic carbocycles. The molecule has 0 unspecified atom stereocenters. The second kappa shape index (κ2) is 7.13. The minimum Gasteiger partial charge on any atom is -0.481 e. The first-order valence-electron chi connectivity index (χ1n) is 7.88. The number of para-hydroxylation sites is 1. The summed E-state index contributed by atoms with van der Waals surface area (Å²) in [7, 11) is 0. The number of nitrogens with one attached hydrogen (secondary N) is 1. The van der Waals surface area contributed by atoms with E-state index in [4.69, 9.17) is 4.74 Å². The number of ether oxygens (including phenoxy) is 1. The first kappa shape index (κ1) is 16.0. The molecule has 0 heterocycles. The van der Waals surface area contributed by atoms with Gasteiger partial charge in [-0.2, -0.15) is 0 Å². The molecule has 0 radical (unpaired) electrons. The van der Waals surface area contributed by atoms with E-state index in [-0.39, 0.29) is 11.6 Å². The van der Waals surface area contributed by atoms with E-state index in [0.29, 0.717) is 12.2 Å². The molecule has 3 aromatic carbocycles. The van der Waals surface area contributed by atoms with Gasteiger partial charge in [0.15, 0.2) is 6.10 Å². The van der Waals surface area contributed by atoms with E-state index in [1.807, 2.05) is 49.4 Å². The molecule has 0 fully saturated rings. The smallest absolute Gasteiger partial charge is 0.265 e. The van der Waals surface area contributed by atoms with Crippen molar-refractivity contribution in [1.29, 1.82) is 0 Å². The number of rotatable bonds is 5. The van der Waals surface area contributed by atoms with Gasteiger partial charge in [0.1, 0.15) is 11.6 Å². The van der Waals surface area contributed by atoms with E-state index < -0.39 is 11.9 Å². The van der Waals surface area contributed by atoms with E-state index in [2.05, 4.69) is 5.32 Å². The third kappa shape index (κ3) is 3.54. The lowest BCUT2D eigenvalue weighted by Crippen LogP contribution is -2.32. The fourth-order valence-electron chi connectivity index (χ4n) is 2.50. The molecule has 4 heteroatoms. The van der Waals surface area contributed by atoms with Crippen LogP contribution in [0.5, 0.6) is 5.75 Å². The predicted octanol–water partition coefficient (Wildman–Crippen LogP) is 4.78. The monoisotopic (exact) mass is 323 g/mol. The van der Waals surface area contributed by atoms with Gasteiger partial charge in [0, 0.05) is 0 Å². The maximum absolute atomic E-state index is 13.7. The molecule has 0 bridgehead atoms. The minimum atomic E-state index is -0.689. The lowest BCUT2D eigenvalue weighted by Gasteiger charge is -2.18. The maximum atomic E-state index is 13.7. The minimum absolute atomic E-state index is 0.156. The van der Waals surface area contributed by atoms with E-state index in [0.717, 1.165) is 10.8 Å². The maximum Gasteiger partial charge on any atom is 0.265 e. The highest BCUT2D eigenvalue weighted by Gasteiger charge is 2.19. The Labute approximate surface area is 140 Å². The first-order valence-corrected chi connectivity index (χ1v) is 7.88. The summed E-state index contributed by atoms with van der Waals surface area (Å²) in [6.07, 6.45) is -0.210. The number of anilines is 1. The summed E-state index contributed by atoms with van der Waals surface area (Å²) in [5, 5.41) is 4.73. The lowest BCUT2D eigenvalue weighted by atomic mass is 10.1. The molecule has 0 aliphatic rings. The van der Waals surface area contributed by atoms with Crippen molar-refractivity contribution in [2.45, 2.75) is 19.4 Å². The number of amides is 1. The van der Waals surface area contributed by atoms with Gasteiger partial charge in [-0.15, -0.1) is 0 Å². The van der Waals surface area contributed by atoms with Crippen LogP contribution < -0.4 is 10.1 Å². The zero-order valence-electron chi connectivity index (χ0n) is 13.3. The van der Waals surface area contributed by atoms with Crippen LogP contribution in [0.3, 0.4) is 0 Å². The molecule has 1 atom stereocenters. The average molecular weight is 323 g/mol. The van der Waals surface area contributed by atoms with Gasteiger partial charge in [-0.25, -0.2) is 4.39 Å². The van der Waals surface area contributed by atoms with Crippen LogP contribution in [0.1, 0.15) is 13.3 Å². The van der Waals surface area contributed by atoms with Gasteiger partial charge < -0.3 is 10.1 Å². The molecule has 0 spiro atoms. The summed E-state index contributed by atoms with van der Waals surface area (Å²) in [5.41, 5.74) is 0.156. The molecular formula is C20H18FNO2. The summed E-state index contributed by atoms with van der Waals surface area (Å²) in [4.78, 5) is 12.4. The number of carbonyl (C=O) groups excluding carboxylic acids is 1. The number of fused-ring (bicyclic) bond motifs is 1. The second-order valence-electron chi connectivity index (χ2n) is 5.49. The average Bonchev–Trinajstić information content (AvgIpc) is 2.61. The Bertz CT molecular complexity index is 863. The third-order valence-corrected chi connectivity index (χ3v) is 3.79. The van der Waals surface area contributed by atoms with Crippen LogP contribution >= 0.6 is 0 Å². The Kier molecular flexibility index (Phi) is 4.75. The predicted molar refractivity (Wildman–Crippen MR) is 93.7 cm³/mol. The first-order chi connectivity index (χ1) is 11.7. The van der Waals surface area contributed by atoms with Crippen molar-refractivity contribution in [1.82, 2.24) is 0 Å². The molecule has 0 saturated heterocycles. The normalized spacial score (nSPS) is 11.9. The standard InChI is InChI=1S/C20H18FNO2/c1-2-19(20(23)22-18-10-6-5-9-17(18)21)24-16-12-11-14-7-3-4-8-15(14)13-16/h3-13,19H,2H2,1H3,(H,22,23)/t19-/m0/s1. The van der Waals surface area contributed by atoms with Crippen LogP contribution in [0, 0.1) is 5.82 Å². The van der Waals surface area contributed by atoms with Crippen molar-refractivity contribution in [3.63, 3.8) is 0 Å². The summed E-state index contributed by atoms with van der Waals surface area (Å²) >= 11 is 0. The van der Waals surface area contributed by atoms with E-state index in [9.17, 15) is 9.18 Å². The van der Waals surface area contributed by atoms with Gasteiger partial charge >= 0.3 is 0 Å². The van der Waals surface area contributed by atoms with Crippen molar-refractivity contribution in [2.24, 2.45) is 0 Å². The molecule has 0 aliphatic heterocycles. The summed E-state index contributed by atoms with van der Waals surface area (Å²) < 4.78 is 19.5. The van der Waals surface area contributed by atoms with Crippen LogP contribution in [-0.4, -0.2) is 12.0 Å². The van der Waals surface area contributed by atoms with Crippen LogP contribution in [0.2, 0.25) is 0 Å². The molecule has 3 aromatic rings. The van der Waals surface area contributed by atoms with Crippen molar-refractivity contribution in [3.05, 3.63) is 72.5 Å². The molecule has 3 nitrogen and oxygen atoms in total. The quantitative estimate of drug-likeness (QED) is 0.734. The Balaban J connectivity index is 1.75. The molecule has 0 aromatic heterocycles. The second-order valence-corrected chi connectivity index (χ2v) is 5.49. The molecule has 1 N–H and O–H groups in total. The topological polar surface area (TPSA) is 38.3 Å². The highest BCUT2D eigenvalue weighted by Crippen LogP contribution is 2.22. The van der Waals surface area contributed by atoms with Crippen LogP contribution in [0.25, 0.3) is 10.8 Å². The Hall–Kier alpha value is -2.88. The van der Waals surface area contributed by atoms with Gasteiger partial charge in [-0.3, -0.25) is 4.79 Å². The Morgan fingerprint density at radius 1 is 1.04 bits per heavy atom. The fourth-order valence-corrected chi connectivity index (χ4v) is 2.50. The van der Waals surface area contributed by atoms with Gasteiger partial charge in [-0.1, -0.05) is 49.4 Å². The number of benzene rings is 3. The number of halogens is 1. The molecule has 1 amide bonds. The van der Waals surface area contributed by atoms with E-state index >= 15 is 0 Å². The highest BCUT2D eigenvalue weighted by atomic mass is 19.1. The fraction of sp³-hybridized carbons (Fsp3) is 0.150. The van der Waals surface area contributed by atoms with Gasteiger partial charge in [0.25, 0.3) is 5.91 Å². The molecular weight excluding hydrogens is 305 g/mol. The Morgan fingerprint density at radius 3 is 2.50 bits per heavy atom. The highest BCUT2D eigenvalue weighted by molar-refractivity contribution is 5.94. The number of carbonyl (C=O) groups is 1. The number of hydrogen-bond donors (Lipinski definition) is 1. The van der Waals surface area contributed by atoms with Crippen molar-refractivity contribution in [2.75, 3.05) is 5.32 Å².